The van der Waals surface area contributed by atoms with Gasteiger partial charge in [-0.05, 0) is 68.7 Å². The van der Waals surface area contributed by atoms with Crippen LogP contribution < -0.4 is 5.32 Å². The van der Waals surface area contributed by atoms with Crippen molar-refractivity contribution >= 4 is 0 Å². The number of nitrogens with one attached hydrogen (secondary N) is 1. The highest BCUT2D eigenvalue weighted by Gasteiger charge is 2.34. The van der Waals surface area contributed by atoms with Gasteiger partial charge in [0.2, 0.25) is 0 Å². The van der Waals surface area contributed by atoms with Crippen LogP contribution in [0.2, 0.25) is 0 Å². The Labute approximate surface area is 119 Å². The van der Waals surface area contributed by atoms with E-state index in [4.69, 9.17) is 0 Å². The first-order valence-corrected chi connectivity index (χ1v) is 9.04. The van der Waals surface area contributed by atoms with Gasteiger partial charge >= 0.3 is 0 Å². The van der Waals surface area contributed by atoms with E-state index in [0.717, 1.165) is 29.7 Å². The monoisotopic (exact) mass is 263 g/mol. The third kappa shape index (κ3) is 4.21. The molecule has 3 rings (SSSR count). The lowest BCUT2D eigenvalue weighted by atomic mass is 9.80. The summed E-state index contributed by atoms with van der Waals surface area (Å²) in [5, 5.41) is 3.90. The van der Waals surface area contributed by atoms with Crippen molar-refractivity contribution in [3.05, 3.63) is 0 Å². The van der Waals surface area contributed by atoms with Crippen molar-refractivity contribution in [3.8, 4) is 0 Å². The zero-order valence-corrected chi connectivity index (χ0v) is 12.9. The molecule has 3 fully saturated rings. The minimum Gasteiger partial charge on any atom is -0.314 e. The van der Waals surface area contributed by atoms with Gasteiger partial charge in [0.25, 0.3) is 0 Å². The molecule has 0 saturated heterocycles. The average molecular weight is 263 g/mol. The van der Waals surface area contributed by atoms with Crippen LogP contribution in [-0.2, 0) is 0 Å². The molecule has 3 aliphatic carbocycles. The summed E-state index contributed by atoms with van der Waals surface area (Å²) >= 11 is 0. The molecule has 0 aliphatic heterocycles. The Morgan fingerprint density at radius 3 is 2.47 bits per heavy atom. The van der Waals surface area contributed by atoms with Crippen molar-refractivity contribution in [2.75, 3.05) is 6.54 Å². The Bertz CT molecular complexity index is 271. The molecule has 1 N–H and O–H groups in total. The normalized spacial score (nSPS) is 40.3. The first-order chi connectivity index (χ1) is 9.31. The molecule has 4 atom stereocenters. The smallest absolute Gasteiger partial charge is 0.00698 e. The van der Waals surface area contributed by atoms with E-state index < -0.39 is 0 Å². The highest BCUT2D eigenvalue weighted by molar-refractivity contribution is 4.88. The van der Waals surface area contributed by atoms with Crippen molar-refractivity contribution in [2.24, 2.45) is 23.7 Å². The summed E-state index contributed by atoms with van der Waals surface area (Å²) in [6.07, 6.45) is 16.4. The minimum atomic E-state index is 0.861. The van der Waals surface area contributed by atoms with Crippen LogP contribution in [0.4, 0.5) is 0 Å². The Morgan fingerprint density at radius 2 is 1.68 bits per heavy atom. The molecule has 0 heterocycles. The molecule has 0 spiro atoms. The first-order valence-electron chi connectivity index (χ1n) is 9.04. The third-order valence-electron chi connectivity index (χ3n) is 6.03. The largest absolute Gasteiger partial charge is 0.314 e. The summed E-state index contributed by atoms with van der Waals surface area (Å²) in [6.45, 7) is 3.74. The van der Waals surface area contributed by atoms with Crippen molar-refractivity contribution in [1.29, 1.82) is 0 Å². The fourth-order valence-corrected chi connectivity index (χ4v) is 4.72. The lowest BCUT2D eigenvalue weighted by molar-refractivity contribution is 0.239. The van der Waals surface area contributed by atoms with Crippen LogP contribution >= 0.6 is 0 Å². The van der Waals surface area contributed by atoms with E-state index in [1.54, 1.807) is 0 Å². The van der Waals surface area contributed by atoms with Crippen LogP contribution in [-0.4, -0.2) is 12.6 Å². The summed E-state index contributed by atoms with van der Waals surface area (Å²) in [7, 11) is 0. The summed E-state index contributed by atoms with van der Waals surface area (Å²) in [5.74, 6) is 4.23. The van der Waals surface area contributed by atoms with E-state index in [1.165, 1.54) is 77.2 Å². The molecule has 19 heavy (non-hydrogen) atoms. The molecule has 0 aromatic heterocycles. The summed E-state index contributed by atoms with van der Waals surface area (Å²) in [5.41, 5.74) is 0. The Kier molecular flexibility index (Phi) is 4.84. The second-order valence-electron chi connectivity index (χ2n) is 7.84. The van der Waals surface area contributed by atoms with E-state index in [2.05, 4.69) is 12.2 Å². The molecular weight excluding hydrogens is 230 g/mol. The van der Waals surface area contributed by atoms with Crippen LogP contribution in [0.15, 0.2) is 0 Å². The van der Waals surface area contributed by atoms with Crippen LogP contribution in [0.3, 0.4) is 0 Å². The standard InChI is InChI=1S/C18H33N/c1-14-4-2-5-15(12-14)10-11-19-18-7-3-6-17(13-18)16-8-9-16/h14-19H,2-13H2,1H3. The van der Waals surface area contributed by atoms with Crippen molar-refractivity contribution in [1.82, 2.24) is 5.32 Å². The van der Waals surface area contributed by atoms with Gasteiger partial charge in [0.1, 0.15) is 0 Å². The number of hydrogen-bond donors (Lipinski definition) is 1. The number of rotatable bonds is 5. The highest BCUT2D eigenvalue weighted by Crippen LogP contribution is 2.43. The third-order valence-corrected chi connectivity index (χ3v) is 6.03. The summed E-state index contributed by atoms with van der Waals surface area (Å²) < 4.78 is 0. The molecular formula is C18H33N. The van der Waals surface area contributed by atoms with Crippen LogP contribution in [0.1, 0.15) is 77.6 Å². The lowest BCUT2D eigenvalue weighted by Gasteiger charge is -2.31. The maximum atomic E-state index is 3.90. The van der Waals surface area contributed by atoms with E-state index in [9.17, 15) is 0 Å². The molecule has 0 radical (unpaired) electrons. The van der Waals surface area contributed by atoms with Crippen molar-refractivity contribution in [2.45, 2.75) is 83.6 Å². The average Bonchev–Trinajstić information content (AvgIpc) is 3.23. The minimum absolute atomic E-state index is 0.861. The van der Waals surface area contributed by atoms with E-state index in [-0.39, 0.29) is 0 Å². The Hall–Kier alpha value is -0.0400. The fraction of sp³-hybridized carbons (Fsp3) is 1.00. The van der Waals surface area contributed by atoms with Gasteiger partial charge in [-0.3, -0.25) is 0 Å². The van der Waals surface area contributed by atoms with Crippen molar-refractivity contribution in [3.63, 3.8) is 0 Å². The molecule has 4 unspecified atom stereocenters. The van der Waals surface area contributed by atoms with E-state index in [0.29, 0.717) is 0 Å². The van der Waals surface area contributed by atoms with Crippen LogP contribution in [0.25, 0.3) is 0 Å². The van der Waals surface area contributed by atoms with Gasteiger partial charge in [0.05, 0.1) is 0 Å². The zero-order chi connectivity index (χ0) is 13.1. The molecule has 110 valence electrons. The molecule has 0 amide bonds. The topological polar surface area (TPSA) is 12.0 Å². The predicted octanol–water partition coefficient (Wildman–Crippen LogP) is 4.76. The van der Waals surface area contributed by atoms with Gasteiger partial charge in [-0.2, -0.15) is 0 Å². The van der Waals surface area contributed by atoms with Crippen LogP contribution in [0, 0.1) is 23.7 Å². The molecule has 3 aliphatic rings. The van der Waals surface area contributed by atoms with Gasteiger partial charge in [-0.1, -0.05) is 39.0 Å². The summed E-state index contributed by atoms with van der Waals surface area (Å²) in [6, 6.07) is 0.861. The van der Waals surface area contributed by atoms with Gasteiger partial charge in [-0.25, -0.2) is 0 Å². The van der Waals surface area contributed by atoms with Gasteiger partial charge in [0, 0.05) is 6.04 Å². The van der Waals surface area contributed by atoms with Gasteiger partial charge in [0.15, 0.2) is 0 Å². The van der Waals surface area contributed by atoms with Gasteiger partial charge < -0.3 is 5.32 Å². The Balaban J connectivity index is 1.32. The molecule has 1 nitrogen and oxygen atoms in total. The predicted molar refractivity (Wildman–Crippen MR) is 82.2 cm³/mol. The van der Waals surface area contributed by atoms with Gasteiger partial charge in [-0.15, -0.1) is 0 Å². The van der Waals surface area contributed by atoms with E-state index in [1.807, 2.05) is 0 Å². The molecule has 0 aromatic rings. The molecule has 3 saturated carbocycles. The summed E-state index contributed by atoms with van der Waals surface area (Å²) in [4.78, 5) is 0. The molecule has 0 bridgehead atoms. The van der Waals surface area contributed by atoms with Crippen LogP contribution in [0.5, 0.6) is 0 Å². The first kappa shape index (κ1) is 13.9. The Morgan fingerprint density at radius 1 is 0.842 bits per heavy atom. The van der Waals surface area contributed by atoms with E-state index >= 15 is 0 Å². The fourth-order valence-electron chi connectivity index (χ4n) is 4.72. The maximum Gasteiger partial charge on any atom is 0.00698 e. The SMILES string of the molecule is CC1CCCC(CCNC2CCCC(C3CC3)C2)C1. The molecule has 0 aromatic carbocycles. The van der Waals surface area contributed by atoms with Crippen molar-refractivity contribution < 1.29 is 0 Å². The maximum absolute atomic E-state index is 3.90. The zero-order valence-electron chi connectivity index (χ0n) is 12.9. The quantitative estimate of drug-likeness (QED) is 0.754. The lowest BCUT2D eigenvalue weighted by Crippen LogP contribution is -2.36. The molecule has 1 heteroatoms. The second-order valence-corrected chi connectivity index (χ2v) is 7.84. The second kappa shape index (κ2) is 6.61. The number of hydrogen-bond acceptors (Lipinski definition) is 1. The highest BCUT2D eigenvalue weighted by atomic mass is 14.9.